The summed E-state index contributed by atoms with van der Waals surface area (Å²) in [5.41, 5.74) is 1.43. The fourth-order valence-corrected chi connectivity index (χ4v) is 2.06. The third-order valence-electron chi connectivity index (χ3n) is 3.28. The Morgan fingerprint density at radius 1 is 1.35 bits per heavy atom. The maximum absolute atomic E-state index is 11.8. The molecule has 2 N–H and O–H groups in total. The van der Waals surface area contributed by atoms with Crippen LogP contribution >= 0.6 is 11.6 Å². The summed E-state index contributed by atoms with van der Waals surface area (Å²) < 4.78 is 5.64. The van der Waals surface area contributed by atoms with Gasteiger partial charge in [-0.1, -0.05) is 24.6 Å². The normalized spacial score (nSPS) is 11.6. The lowest BCUT2D eigenvalue weighted by molar-refractivity contribution is 0.249. The van der Waals surface area contributed by atoms with Crippen LogP contribution < -0.4 is 15.4 Å². The Bertz CT molecular complexity index is 650. The first kappa shape index (κ1) is 17.1. The van der Waals surface area contributed by atoms with Gasteiger partial charge in [-0.05, 0) is 43.7 Å². The predicted molar refractivity (Wildman–Crippen MR) is 91.9 cm³/mol. The number of ether oxygens (including phenoxy) is 1. The summed E-state index contributed by atoms with van der Waals surface area (Å²) in [6.07, 6.45) is 2.58. The van der Waals surface area contributed by atoms with Gasteiger partial charge in [0.25, 0.3) is 0 Å². The smallest absolute Gasteiger partial charge is 0.319 e. The molecule has 2 rings (SSSR count). The molecule has 1 atom stereocenters. The van der Waals surface area contributed by atoms with Crippen molar-refractivity contribution in [1.82, 2.24) is 10.3 Å². The Hall–Kier alpha value is -2.27. The molecule has 0 saturated heterocycles. The third-order valence-corrected chi connectivity index (χ3v) is 3.58. The second kappa shape index (κ2) is 8.39. The molecular formula is C17H20ClN3O2. The first-order valence-corrected chi connectivity index (χ1v) is 7.86. The number of nitrogens with zero attached hydrogens (tertiary/aromatic N) is 1. The number of urea groups is 1. The van der Waals surface area contributed by atoms with Gasteiger partial charge in [0.15, 0.2) is 0 Å². The minimum Gasteiger partial charge on any atom is -0.486 e. The molecule has 1 unspecified atom stereocenters. The number of hydrogen-bond donors (Lipinski definition) is 2. The standard InChI is InChI=1S/C17H20ClN3O2/c1-3-12(2)20-17(22)21-13-7-8-16(15(18)10-13)23-11-14-6-4-5-9-19-14/h4-10,12H,3,11H2,1-2H3,(H2,20,21,22). The largest absolute Gasteiger partial charge is 0.486 e. The Morgan fingerprint density at radius 2 is 2.17 bits per heavy atom. The second-order valence-corrected chi connectivity index (χ2v) is 5.57. The summed E-state index contributed by atoms with van der Waals surface area (Å²) in [5.74, 6) is 0.546. The van der Waals surface area contributed by atoms with Crippen molar-refractivity contribution >= 4 is 23.3 Å². The van der Waals surface area contributed by atoms with Gasteiger partial charge in [-0.3, -0.25) is 4.98 Å². The van der Waals surface area contributed by atoms with Gasteiger partial charge in [-0.25, -0.2) is 4.79 Å². The van der Waals surface area contributed by atoms with Crippen molar-refractivity contribution in [2.75, 3.05) is 5.32 Å². The maximum Gasteiger partial charge on any atom is 0.319 e. The van der Waals surface area contributed by atoms with Gasteiger partial charge < -0.3 is 15.4 Å². The van der Waals surface area contributed by atoms with Crippen molar-refractivity contribution < 1.29 is 9.53 Å². The topological polar surface area (TPSA) is 63.2 Å². The molecule has 1 aromatic heterocycles. The van der Waals surface area contributed by atoms with Crippen LogP contribution in [0.3, 0.4) is 0 Å². The van der Waals surface area contributed by atoms with E-state index in [2.05, 4.69) is 15.6 Å². The van der Waals surface area contributed by atoms with Crippen LogP contribution in [0.25, 0.3) is 0 Å². The average Bonchev–Trinajstić information content (AvgIpc) is 2.54. The SMILES string of the molecule is CCC(C)NC(=O)Nc1ccc(OCc2ccccn2)c(Cl)c1. The number of carbonyl (C=O) groups excluding carboxylic acids is 1. The molecule has 0 spiro atoms. The summed E-state index contributed by atoms with van der Waals surface area (Å²) in [4.78, 5) is 16.0. The second-order valence-electron chi connectivity index (χ2n) is 5.16. The molecule has 5 nitrogen and oxygen atoms in total. The Balaban J connectivity index is 1.93. The first-order chi connectivity index (χ1) is 11.1. The van der Waals surface area contributed by atoms with E-state index in [1.807, 2.05) is 32.0 Å². The van der Waals surface area contributed by atoms with Gasteiger partial charge in [0.2, 0.25) is 0 Å². The number of amides is 2. The van der Waals surface area contributed by atoms with Crippen molar-refractivity contribution in [3.63, 3.8) is 0 Å². The van der Waals surface area contributed by atoms with Crippen LogP contribution in [0.4, 0.5) is 10.5 Å². The minimum atomic E-state index is -0.252. The number of aromatic nitrogens is 1. The lowest BCUT2D eigenvalue weighted by atomic mass is 10.2. The molecule has 0 bridgehead atoms. The number of halogens is 1. The molecular weight excluding hydrogens is 314 g/mol. The fraction of sp³-hybridized carbons (Fsp3) is 0.294. The van der Waals surface area contributed by atoms with Gasteiger partial charge in [0.1, 0.15) is 12.4 Å². The summed E-state index contributed by atoms with van der Waals surface area (Å²) in [5, 5.41) is 6.01. The molecule has 0 saturated carbocycles. The Labute approximate surface area is 141 Å². The van der Waals surface area contributed by atoms with Crippen LogP contribution in [0.5, 0.6) is 5.75 Å². The summed E-state index contributed by atoms with van der Waals surface area (Å²) in [6, 6.07) is 10.6. The summed E-state index contributed by atoms with van der Waals surface area (Å²) in [7, 11) is 0. The molecule has 0 aliphatic carbocycles. The first-order valence-electron chi connectivity index (χ1n) is 7.48. The molecule has 1 aromatic carbocycles. The molecule has 23 heavy (non-hydrogen) atoms. The Kier molecular flexibility index (Phi) is 6.23. The van der Waals surface area contributed by atoms with Crippen molar-refractivity contribution in [3.8, 4) is 5.75 Å². The number of benzene rings is 1. The number of rotatable bonds is 6. The number of nitrogens with one attached hydrogen (secondary N) is 2. The van der Waals surface area contributed by atoms with Crippen molar-refractivity contribution in [2.24, 2.45) is 0 Å². The third kappa shape index (κ3) is 5.45. The molecule has 2 aromatic rings. The van der Waals surface area contributed by atoms with Crippen molar-refractivity contribution in [3.05, 3.63) is 53.3 Å². The van der Waals surface area contributed by atoms with E-state index in [1.165, 1.54) is 0 Å². The number of hydrogen-bond acceptors (Lipinski definition) is 3. The van der Waals surface area contributed by atoms with Crippen LogP contribution in [-0.2, 0) is 6.61 Å². The van der Waals surface area contributed by atoms with E-state index in [1.54, 1.807) is 24.4 Å². The highest BCUT2D eigenvalue weighted by molar-refractivity contribution is 6.32. The highest BCUT2D eigenvalue weighted by Gasteiger charge is 2.08. The zero-order chi connectivity index (χ0) is 16.7. The molecule has 6 heteroatoms. The summed E-state index contributed by atoms with van der Waals surface area (Å²) in [6.45, 7) is 4.29. The minimum absolute atomic E-state index is 0.117. The van der Waals surface area contributed by atoms with Gasteiger partial charge in [0, 0.05) is 17.9 Å². The zero-order valence-electron chi connectivity index (χ0n) is 13.2. The molecule has 2 amide bonds. The van der Waals surface area contributed by atoms with E-state index in [-0.39, 0.29) is 12.1 Å². The van der Waals surface area contributed by atoms with E-state index in [0.717, 1.165) is 12.1 Å². The van der Waals surface area contributed by atoms with Crippen LogP contribution in [0.1, 0.15) is 26.0 Å². The lowest BCUT2D eigenvalue weighted by Crippen LogP contribution is -2.35. The predicted octanol–water partition coefficient (Wildman–Crippen LogP) is 4.23. The van der Waals surface area contributed by atoms with E-state index in [4.69, 9.17) is 16.3 Å². The van der Waals surface area contributed by atoms with Crippen LogP contribution in [0, 0.1) is 0 Å². The van der Waals surface area contributed by atoms with Crippen molar-refractivity contribution in [1.29, 1.82) is 0 Å². The Morgan fingerprint density at radius 3 is 2.83 bits per heavy atom. The molecule has 0 aliphatic heterocycles. The molecule has 122 valence electrons. The average molecular weight is 334 g/mol. The fourth-order valence-electron chi connectivity index (χ4n) is 1.82. The molecule has 0 radical (unpaired) electrons. The molecule has 1 heterocycles. The highest BCUT2D eigenvalue weighted by Crippen LogP contribution is 2.28. The van der Waals surface area contributed by atoms with Crippen molar-refractivity contribution in [2.45, 2.75) is 32.9 Å². The lowest BCUT2D eigenvalue weighted by Gasteiger charge is -2.13. The van der Waals surface area contributed by atoms with E-state index in [9.17, 15) is 4.79 Å². The van der Waals surface area contributed by atoms with Gasteiger partial charge >= 0.3 is 6.03 Å². The van der Waals surface area contributed by atoms with Gasteiger partial charge in [-0.2, -0.15) is 0 Å². The van der Waals surface area contributed by atoms with Crippen LogP contribution in [0.2, 0.25) is 5.02 Å². The van der Waals surface area contributed by atoms with E-state index < -0.39 is 0 Å². The molecule has 0 fully saturated rings. The number of carbonyl (C=O) groups is 1. The van der Waals surface area contributed by atoms with E-state index >= 15 is 0 Å². The van der Waals surface area contributed by atoms with Crippen LogP contribution in [0.15, 0.2) is 42.6 Å². The zero-order valence-corrected chi connectivity index (χ0v) is 13.9. The number of anilines is 1. The van der Waals surface area contributed by atoms with E-state index in [0.29, 0.717) is 23.1 Å². The quantitative estimate of drug-likeness (QED) is 0.831. The monoisotopic (exact) mass is 333 g/mol. The molecule has 0 aliphatic rings. The maximum atomic E-state index is 11.8. The van der Waals surface area contributed by atoms with Crippen LogP contribution in [-0.4, -0.2) is 17.1 Å². The number of pyridine rings is 1. The highest BCUT2D eigenvalue weighted by atomic mass is 35.5. The summed E-state index contributed by atoms with van der Waals surface area (Å²) >= 11 is 6.19. The van der Waals surface area contributed by atoms with Gasteiger partial charge in [0.05, 0.1) is 10.7 Å². The van der Waals surface area contributed by atoms with Gasteiger partial charge in [-0.15, -0.1) is 0 Å².